The molecular weight excluding hydrogens is 286 g/mol. The molecule has 0 spiro atoms. The van der Waals surface area contributed by atoms with Gasteiger partial charge in [0.25, 0.3) is 0 Å². The lowest BCUT2D eigenvalue weighted by atomic mass is 10.1. The normalized spacial score (nSPS) is 18.5. The lowest BCUT2D eigenvalue weighted by Gasteiger charge is -2.25. The van der Waals surface area contributed by atoms with Crippen LogP contribution in [0, 0.1) is 0 Å². The number of hydrogen-bond donors (Lipinski definition) is 1. The Morgan fingerprint density at radius 1 is 1.14 bits per heavy atom. The largest absolute Gasteiger partial charge is 0.347 e. The van der Waals surface area contributed by atoms with Crippen molar-refractivity contribution >= 4 is 10.0 Å². The molecule has 1 aromatic heterocycles. The highest BCUT2D eigenvalue weighted by atomic mass is 32.2. The molecule has 0 bridgehead atoms. The number of fused-ring (bicyclic) bond motifs is 2. The van der Waals surface area contributed by atoms with E-state index in [2.05, 4.69) is 9.97 Å². The monoisotopic (exact) mass is 303 g/mol. The molecule has 1 N–H and O–H groups in total. The highest BCUT2D eigenvalue weighted by molar-refractivity contribution is 7.89. The number of hydrogen-bond acceptors (Lipinski definition) is 3. The minimum Gasteiger partial charge on any atom is -0.347 e. The molecule has 0 saturated heterocycles. The standard InChI is InChI=1S/C15H17N3O2S/c19-21(20,13-5-4-11-2-1-3-12(11)8-13)18-7-6-14-15(9-18)17-10-16-14/h4-5,8,10H,1-3,6-7,9H2,(H,16,17). The molecule has 110 valence electrons. The van der Waals surface area contributed by atoms with Gasteiger partial charge in [-0.05, 0) is 42.5 Å². The van der Waals surface area contributed by atoms with Gasteiger partial charge in [-0.15, -0.1) is 0 Å². The molecule has 6 heteroatoms. The van der Waals surface area contributed by atoms with Crippen LogP contribution in [0.4, 0.5) is 0 Å². The van der Waals surface area contributed by atoms with Crippen molar-refractivity contribution in [2.24, 2.45) is 0 Å². The number of nitrogens with one attached hydrogen (secondary N) is 1. The fourth-order valence-electron chi connectivity index (χ4n) is 3.25. The average Bonchev–Trinajstić information content (AvgIpc) is 3.14. The lowest BCUT2D eigenvalue weighted by molar-refractivity contribution is 0.385. The number of imidazole rings is 1. The van der Waals surface area contributed by atoms with Gasteiger partial charge in [-0.3, -0.25) is 0 Å². The number of sulfonamides is 1. The van der Waals surface area contributed by atoms with Gasteiger partial charge in [-0.1, -0.05) is 6.07 Å². The first-order chi connectivity index (χ1) is 10.1. The third kappa shape index (κ3) is 2.10. The molecule has 1 aliphatic heterocycles. The maximum absolute atomic E-state index is 12.8. The van der Waals surface area contributed by atoms with Gasteiger partial charge in [0.2, 0.25) is 10.0 Å². The van der Waals surface area contributed by atoms with E-state index in [9.17, 15) is 8.42 Å². The van der Waals surface area contributed by atoms with Crippen LogP contribution >= 0.6 is 0 Å². The fourth-order valence-corrected chi connectivity index (χ4v) is 4.71. The third-order valence-electron chi connectivity index (χ3n) is 4.45. The number of nitrogens with zero attached hydrogens (tertiary/aromatic N) is 2. The zero-order valence-corrected chi connectivity index (χ0v) is 12.5. The van der Waals surface area contributed by atoms with E-state index in [1.165, 1.54) is 11.1 Å². The Hall–Kier alpha value is -1.66. The number of aromatic amines is 1. The molecule has 0 fully saturated rings. The van der Waals surface area contributed by atoms with Crippen LogP contribution in [0.1, 0.15) is 28.9 Å². The van der Waals surface area contributed by atoms with Crippen molar-refractivity contribution in [1.29, 1.82) is 0 Å². The molecule has 2 heterocycles. The van der Waals surface area contributed by atoms with Gasteiger partial charge < -0.3 is 4.98 Å². The summed E-state index contributed by atoms with van der Waals surface area (Å²) in [4.78, 5) is 7.67. The predicted molar refractivity (Wildman–Crippen MR) is 78.4 cm³/mol. The molecule has 1 aromatic carbocycles. The van der Waals surface area contributed by atoms with Crippen molar-refractivity contribution < 1.29 is 8.42 Å². The smallest absolute Gasteiger partial charge is 0.243 e. The Morgan fingerprint density at radius 3 is 2.90 bits per heavy atom. The van der Waals surface area contributed by atoms with Crippen LogP contribution in [-0.4, -0.2) is 29.2 Å². The number of H-pyrrole nitrogens is 1. The maximum atomic E-state index is 12.8. The Bertz CT molecular complexity index is 795. The fraction of sp³-hybridized carbons (Fsp3) is 0.400. The summed E-state index contributed by atoms with van der Waals surface area (Å²) in [7, 11) is -3.42. The second kappa shape index (κ2) is 4.68. The quantitative estimate of drug-likeness (QED) is 0.917. The van der Waals surface area contributed by atoms with Gasteiger partial charge >= 0.3 is 0 Å². The summed E-state index contributed by atoms with van der Waals surface area (Å²) in [6.07, 6.45) is 5.49. The number of benzene rings is 1. The van der Waals surface area contributed by atoms with Gasteiger partial charge in [0.1, 0.15) is 0 Å². The second-order valence-electron chi connectivity index (χ2n) is 5.70. The summed E-state index contributed by atoms with van der Waals surface area (Å²) in [5.41, 5.74) is 4.38. The Kier molecular flexibility index (Phi) is 2.90. The van der Waals surface area contributed by atoms with E-state index in [1.54, 1.807) is 16.7 Å². The Balaban J connectivity index is 1.68. The zero-order valence-electron chi connectivity index (χ0n) is 11.7. The highest BCUT2D eigenvalue weighted by Crippen LogP contribution is 2.28. The van der Waals surface area contributed by atoms with Crippen LogP contribution < -0.4 is 0 Å². The molecule has 2 aliphatic rings. The first kappa shape index (κ1) is 13.0. The van der Waals surface area contributed by atoms with E-state index in [0.717, 1.165) is 30.7 Å². The molecule has 0 radical (unpaired) electrons. The Morgan fingerprint density at radius 2 is 2.00 bits per heavy atom. The first-order valence-electron chi connectivity index (χ1n) is 7.28. The van der Waals surface area contributed by atoms with E-state index in [-0.39, 0.29) is 0 Å². The van der Waals surface area contributed by atoms with Crippen LogP contribution in [0.3, 0.4) is 0 Å². The summed E-state index contributed by atoms with van der Waals surface area (Å²) in [5, 5.41) is 0. The van der Waals surface area contributed by atoms with Crippen LogP contribution in [0.25, 0.3) is 0 Å². The van der Waals surface area contributed by atoms with Gasteiger partial charge in [-0.2, -0.15) is 4.31 Å². The first-order valence-corrected chi connectivity index (χ1v) is 8.72. The lowest BCUT2D eigenvalue weighted by Crippen LogP contribution is -2.36. The van der Waals surface area contributed by atoms with Crippen molar-refractivity contribution in [2.45, 2.75) is 37.1 Å². The van der Waals surface area contributed by atoms with Crippen molar-refractivity contribution in [3.8, 4) is 0 Å². The minimum atomic E-state index is -3.42. The molecule has 0 atom stereocenters. The van der Waals surface area contributed by atoms with Crippen LogP contribution in [-0.2, 0) is 35.8 Å². The van der Waals surface area contributed by atoms with E-state index in [1.807, 2.05) is 12.1 Å². The van der Waals surface area contributed by atoms with E-state index >= 15 is 0 Å². The van der Waals surface area contributed by atoms with Crippen molar-refractivity contribution in [3.05, 3.63) is 47.0 Å². The van der Waals surface area contributed by atoms with Crippen molar-refractivity contribution in [2.75, 3.05) is 6.54 Å². The summed E-state index contributed by atoms with van der Waals surface area (Å²) in [6.45, 7) is 0.881. The molecule has 21 heavy (non-hydrogen) atoms. The molecule has 4 rings (SSSR count). The van der Waals surface area contributed by atoms with Crippen LogP contribution in [0.2, 0.25) is 0 Å². The molecule has 0 amide bonds. The van der Waals surface area contributed by atoms with E-state index in [4.69, 9.17) is 0 Å². The molecule has 2 aromatic rings. The SMILES string of the molecule is O=S(=O)(c1ccc2c(c1)CCC2)N1CCc2nc[nH]c2C1. The number of aryl methyl sites for hydroxylation is 2. The molecular formula is C15H17N3O2S. The zero-order chi connectivity index (χ0) is 14.4. The van der Waals surface area contributed by atoms with Gasteiger partial charge in [0.05, 0.1) is 29.2 Å². The average molecular weight is 303 g/mol. The van der Waals surface area contributed by atoms with Crippen molar-refractivity contribution in [3.63, 3.8) is 0 Å². The van der Waals surface area contributed by atoms with E-state index < -0.39 is 10.0 Å². The number of aromatic nitrogens is 2. The Labute approximate surface area is 124 Å². The molecule has 0 saturated carbocycles. The number of rotatable bonds is 2. The summed E-state index contributed by atoms with van der Waals surface area (Å²) < 4.78 is 27.2. The molecule has 1 aliphatic carbocycles. The van der Waals surface area contributed by atoms with E-state index in [0.29, 0.717) is 24.4 Å². The van der Waals surface area contributed by atoms with Crippen LogP contribution in [0.5, 0.6) is 0 Å². The van der Waals surface area contributed by atoms with Crippen molar-refractivity contribution in [1.82, 2.24) is 14.3 Å². The predicted octanol–water partition coefficient (Wildman–Crippen LogP) is 1.65. The van der Waals surface area contributed by atoms with Crippen LogP contribution in [0.15, 0.2) is 29.4 Å². The topological polar surface area (TPSA) is 66.1 Å². The summed E-state index contributed by atoms with van der Waals surface area (Å²) in [5.74, 6) is 0. The van der Waals surface area contributed by atoms with Gasteiger partial charge in [0, 0.05) is 13.0 Å². The molecule has 5 nitrogen and oxygen atoms in total. The maximum Gasteiger partial charge on any atom is 0.243 e. The highest BCUT2D eigenvalue weighted by Gasteiger charge is 2.30. The summed E-state index contributed by atoms with van der Waals surface area (Å²) in [6, 6.07) is 5.59. The van der Waals surface area contributed by atoms with Gasteiger partial charge in [-0.25, -0.2) is 13.4 Å². The minimum absolute atomic E-state index is 0.384. The summed E-state index contributed by atoms with van der Waals surface area (Å²) >= 11 is 0. The third-order valence-corrected chi connectivity index (χ3v) is 6.29. The second-order valence-corrected chi connectivity index (χ2v) is 7.64. The molecule has 0 unspecified atom stereocenters. The van der Waals surface area contributed by atoms with Gasteiger partial charge in [0.15, 0.2) is 0 Å².